The maximum atomic E-state index is 13.1. The van der Waals surface area contributed by atoms with Crippen molar-refractivity contribution < 1.29 is 9.18 Å². The molecule has 3 nitrogen and oxygen atoms in total. The van der Waals surface area contributed by atoms with Gasteiger partial charge >= 0.3 is 0 Å². The highest BCUT2D eigenvalue weighted by atomic mass is 19.1. The Balaban J connectivity index is 2.72. The Hall–Kier alpha value is -1.58. The molecular weight excluding hydrogens is 231 g/mol. The highest BCUT2D eigenvalue weighted by molar-refractivity contribution is 5.84. The molecule has 4 heteroatoms. The van der Waals surface area contributed by atoms with E-state index < -0.39 is 6.04 Å². The third kappa shape index (κ3) is 4.35. The molecule has 1 amide bonds. The summed E-state index contributed by atoms with van der Waals surface area (Å²) in [7, 11) is 0. The molecule has 2 N–H and O–H groups in total. The molecule has 1 aromatic carbocycles. The zero-order valence-corrected chi connectivity index (χ0v) is 11.6. The number of hydrogen-bond acceptors (Lipinski definition) is 2. The molecule has 0 heterocycles. The molecule has 1 rings (SSSR count). The second-order valence-corrected chi connectivity index (χ2v) is 5.56. The quantitative estimate of drug-likeness (QED) is 0.868. The molecule has 18 heavy (non-hydrogen) atoms. The summed E-state index contributed by atoms with van der Waals surface area (Å²) in [5.41, 5.74) is 1.28. The van der Waals surface area contributed by atoms with E-state index in [2.05, 4.69) is 10.6 Å². The summed E-state index contributed by atoms with van der Waals surface area (Å²) in [5, 5.41) is 5.90. The lowest BCUT2D eigenvalue weighted by molar-refractivity contribution is -0.122. The lowest BCUT2D eigenvalue weighted by Gasteiger charge is -2.24. The van der Waals surface area contributed by atoms with E-state index in [0.29, 0.717) is 5.69 Å². The van der Waals surface area contributed by atoms with E-state index in [1.54, 1.807) is 13.0 Å². The Kier molecular flexibility index (Phi) is 4.33. The van der Waals surface area contributed by atoms with E-state index in [4.69, 9.17) is 0 Å². The van der Waals surface area contributed by atoms with Crippen molar-refractivity contribution >= 4 is 11.6 Å². The molecule has 0 fully saturated rings. The van der Waals surface area contributed by atoms with E-state index in [9.17, 15) is 9.18 Å². The summed E-state index contributed by atoms with van der Waals surface area (Å²) in [4.78, 5) is 11.9. The normalized spacial score (nSPS) is 13.0. The van der Waals surface area contributed by atoms with Crippen molar-refractivity contribution in [2.75, 3.05) is 5.32 Å². The highest BCUT2D eigenvalue weighted by Crippen LogP contribution is 2.17. The van der Waals surface area contributed by atoms with Crippen LogP contribution < -0.4 is 10.6 Å². The fraction of sp³-hybridized carbons (Fsp3) is 0.500. The van der Waals surface area contributed by atoms with Crippen LogP contribution in [0.3, 0.4) is 0 Å². The number of anilines is 1. The van der Waals surface area contributed by atoms with E-state index in [0.717, 1.165) is 5.56 Å². The molecule has 0 saturated heterocycles. The molecule has 0 saturated carbocycles. The van der Waals surface area contributed by atoms with E-state index >= 15 is 0 Å². The molecule has 0 aliphatic heterocycles. The van der Waals surface area contributed by atoms with Crippen molar-refractivity contribution in [3.05, 3.63) is 29.6 Å². The second-order valence-electron chi connectivity index (χ2n) is 5.56. The van der Waals surface area contributed by atoms with E-state index in [-0.39, 0.29) is 17.3 Å². The van der Waals surface area contributed by atoms with Crippen LogP contribution in [0.1, 0.15) is 33.3 Å². The Labute approximate surface area is 108 Å². The van der Waals surface area contributed by atoms with Crippen LogP contribution >= 0.6 is 0 Å². The fourth-order valence-electron chi connectivity index (χ4n) is 1.53. The number of carbonyl (C=O) groups excluding carboxylic acids is 1. The summed E-state index contributed by atoms with van der Waals surface area (Å²) in [6.07, 6.45) is 0. The second kappa shape index (κ2) is 5.38. The van der Waals surface area contributed by atoms with Gasteiger partial charge in [-0.15, -0.1) is 0 Å². The summed E-state index contributed by atoms with van der Waals surface area (Å²) >= 11 is 0. The van der Waals surface area contributed by atoms with Crippen LogP contribution in [0.2, 0.25) is 0 Å². The lowest BCUT2D eigenvalue weighted by Crippen LogP contribution is -2.47. The molecule has 0 aliphatic rings. The maximum Gasteiger partial charge on any atom is 0.242 e. The van der Waals surface area contributed by atoms with Crippen LogP contribution in [0, 0.1) is 12.7 Å². The highest BCUT2D eigenvalue weighted by Gasteiger charge is 2.19. The minimum atomic E-state index is -0.412. The molecule has 1 aromatic rings. The summed E-state index contributed by atoms with van der Waals surface area (Å²) in [6, 6.07) is 4.08. The van der Waals surface area contributed by atoms with Gasteiger partial charge in [-0.25, -0.2) is 4.39 Å². The van der Waals surface area contributed by atoms with Crippen molar-refractivity contribution in [2.45, 2.75) is 46.2 Å². The molecule has 1 unspecified atom stereocenters. The third-order valence-electron chi connectivity index (χ3n) is 2.46. The van der Waals surface area contributed by atoms with Crippen LogP contribution in [-0.4, -0.2) is 17.5 Å². The van der Waals surface area contributed by atoms with Gasteiger partial charge < -0.3 is 10.6 Å². The maximum absolute atomic E-state index is 13.1. The van der Waals surface area contributed by atoms with Gasteiger partial charge in [0.15, 0.2) is 0 Å². The summed E-state index contributed by atoms with van der Waals surface area (Å²) < 4.78 is 13.1. The first-order valence-electron chi connectivity index (χ1n) is 6.04. The molecule has 0 aliphatic carbocycles. The first-order chi connectivity index (χ1) is 8.19. The van der Waals surface area contributed by atoms with Gasteiger partial charge in [-0.2, -0.15) is 0 Å². The van der Waals surface area contributed by atoms with Gasteiger partial charge in [-0.05, 0) is 52.3 Å². The molecule has 0 aromatic heterocycles. The Morgan fingerprint density at radius 3 is 2.50 bits per heavy atom. The van der Waals surface area contributed by atoms with Crippen molar-refractivity contribution in [3.8, 4) is 0 Å². The molecule has 0 radical (unpaired) electrons. The van der Waals surface area contributed by atoms with Gasteiger partial charge in [0.25, 0.3) is 0 Å². The average Bonchev–Trinajstić information content (AvgIpc) is 2.21. The van der Waals surface area contributed by atoms with Gasteiger partial charge in [0.1, 0.15) is 11.9 Å². The topological polar surface area (TPSA) is 41.1 Å². The monoisotopic (exact) mass is 252 g/mol. The van der Waals surface area contributed by atoms with Gasteiger partial charge in [-0.1, -0.05) is 6.07 Å². The van der Waals surface area contributed by atoms with Crippen LogP contribution in [0.5, 0.6) is 0 Å². The largest absolute Gasteiger partial charge is 0.374 e. The zero-order chi connectivity index (χ0) is 13.9. The van der Waals surface area contributed by atoms with Gasteiger partial charge in [0.05, 0.1) is 0 Å². The first kappa shape index (κ1) is 14.5. The SMILES string of the molecule is Cc1ccc(F)cc1NC(C)C(=O)NC(C)(C)C. The van der Waals surface area contributed by atoms with Crippen LogP contribution in [0.25, 0.3) is 0 Å². The van der Waals surface area contributed by atoms with Crippen molar-refractivity contribution in [3.63, 3.8) is 0 Å². The minimum absolute atomic E-state index is 0.105. The summed E-state index contributed by atoms with van der Waals surface area (Å²) in [6.45, 7) is 9.39. The van der Waals surface area contributed by atoms with Crippen LogP contribution in [-0.2, 0) is 4.79 Å². The number of halogens is 1. The number of rotatable bonds is 3. The van der Waals surface area contributed by atoms with Crippen LogP contribution in [0.15, 0.2) is 18.2 Å². The molecule has 0 bridgehead atoms. The van der Waals surface area contributed by atoms with Gasteiger partial charge in [0, 0.05) is 11.2 Å². The molecule has 0 spiro atoms. The predicted octanol–water partition coefficient (Wildman–Crippen LogP) is 2.85. The number of aryl methyl sites for hydroxylation is 1. The zero-order valence-electron chi connectivity index (χ0n) is 11.6. The van der Waals surface area contributed by atoms with Gasteiger partial charge in [0.2, 0.25) is 5.91 Å². The Bertz CT molecular complexity index is 438. The van der Waals surface area contributed by atoms with E-state index in [1.807, 2.05) is 27.7 Å². The third-order valence-corrected chi connectivity index (χ3v) is 2.46. The number of carbonyl (C=O) groups is 1. The number of hydrogen-bond donors (Lipinski definition) is 2. The summed E-state index contributed by atoms with van der Waals surface area (Å²) in [5.74, 6) is -0.419. The predicted molar refractivity (Wildman–Crippen MR) is 72.1 cm³/mol. The van der Waals surface area contributed by atoms with Crippen molar-refractivity contribution in [2.24, 2.45) is 0 Å². The molecule has 100 valence electrons. The van der Waals surface area contributed by atoms with Gasteiger partial charge in [-0.3, -0.25) is 4.79 Å². The first-order valence-corrected chi connectivity index (χ1v) is 6.04. The standard InChI is InChI=1S/C14H21FN2O/c1-9-6-7-11(15)8-12(9)16-10(2)13(18)17-14(3,4)5/h6-8,10,16H,1-5H3,(H,17,18). The van der Waals surface area contributed by atoms with Crippen LogP contribution in [0.4, 0.5) is 10.1 Å². The fourth-order valence-corrected chi connectivity index (χ4v) is 1.53. The molecular formula is C14H21FN2O. The number of benzene rings is 1. The van der Waals surface area contributed by atoms with Crippen molar-refractivity contribution in [1.29, 1.82) is 0 Å². The van der Waals surface area contributed by atoms with E-state index in [1.165, 1.54) is 12.1 Å². The number of amides is 1. The molecule has 1 atom stereocenters. The smallest absolute Gasteiger partial charge is 0.242 e. The lowest BCUT2D eigenvalue weighted by atomic mass is 10.1. The minimum Gasteiger partial charge on any atom is -0.374 e. The average molecular weight is 252 g/mol. The van der Waals surface area contributed by atoms with Crippen molar-refractivity contribution in [1.82, 2.24) is 5.32 Å². The Morgan fingerprint density at radius 2 is 1.94 bits per heavy atom. The Morgan fingerprint density at radius 1 is 1.33 bits per heavy atom. The number of nitrogens with one attached hydrogen (secondary N) is 2.